The Bertz CT molecular complexity index is 112. The van der Waals surface area contributed by atoms with Crippen LogP contribution in [0, 0.1) is 0 Å². The molecule has 80 valence electrons. The van der Waals surface area contributed by atoms with Crippen LogP contribution in [0.1, 0.15) is 44.9 Å². The molecule has 0 saturated heterocycles. The van der Waals surface area contributed by atoms with Crippen LogP contribution in [-0.4, -0.2) is 9.12 Å². The minimum absolute atomic E-state index is 0.677. The van der Waals surface area contributed by atoms with Crippen molar-refractivity contribution in [2.45, 2.75) is 48.7 Å². The molecule has 0 heterocycles. The van der Waals surface area contributed by atoms with E-state index in [1.807, 2.05) is 0 Å². The van der Waals surface area contributed by atoms with Crippen LogP contribution >= 0.6 is 50.7 Å². The fourth-order valence-electron chi connectivity index (χ4n) is 1.13. The summed E-state index contributed by atoms with van der Waals surface area (Å²) in [5.41, 5.74) is 0. The lowest BCUT2D eigenvalue weighted by molar-refractivity contribution is 0.595. The van der Waals surface area contributed by atoms with Crippen molar-refractivity contribution in [1.82, 2.24) is 0 Å². The fraction of sp³-hybridized carbons (Fsp3) is 1.00. The predicted molar refractivity (Wildman–Crippen MR) is 66.4 cm³/mol. The Balaban J connectivity index is 3.00. The van der Waals surface area contributed by atoms with E-state index in [2.05, 4.69) is 15.9 Å². The average molecular weight is 310 g/mol. The molecular formula is C9H16BrCl3. The maximum atomic E-state index is 5.62. The normalized spacial score (nSPS) is 12.0. The first-order valence-corrected chi connectivity index (χ1v) is 6.94. The fourth-order valence-corrected chi connectivity index (χ4v) is 1.92. The molecule has 0 spiro atoms. The second kappa shape index (κ2) is 8.64. The molecule has 0 aromatic rings. The number of hydrogen-bond acceptors (Lipinski definition) is 0. The number of hydrogen-bond donors (Lipinski definition) is 0. The van der Waals surface area contributed by atoms with Crippen LogP contribution in [0.3, 0.4) is 0 Å². The van der Waals surface area contributed by atoms with Gasteiger partial charge in [-0.1, -0.05) is 76.4 Å². The summed E-state index contributed by atoms with van der Waals surface area (Å²) in [6, 6.07) is 0. The average Bonchev–Trinajstić information content (AvgIpc) is 2.01. The summed E-state index contributed by atoms with van der Waals surface area (Å²) in [4.78, 5) is 0. The summed E-state index contributed by atoms with van der Waals surface area (Å²) in [5.74, 6) is 0. The van der Waals surface area contributed by atoms with Gasteiger partial charge in [-0.3, -0.25) is 0 Å². The van der Waals surface area contributed by atoms with E-state index in [-0.39, 0.29) is 0 Å². The highest BCUT2D eigenvalue weighted by Crippen LogP contribution is 2.32. The summed E-state index contributed by atoms with van der Waals surface area (Å²) in [6.45, 7) is 0. The van der Waals surface area contributed by atoms with Crippen LogP contribution in [0.4, 0.5) is 0 Å². The summed E-state index contributed by atoms with van der Waals surface area (Å²) in [5, 5.41) is 1.11. The molecule has 0 bridgehead atoms. The third-order valence-corrected chi connectivity index (χ3v) is 2.97. The Morgan fingerprint density at radius 2 is 1.23 bits per heavy atom. The van der Waals surface area contributed by atoms with Crippen molar-refractivity contribution < 1.29 is 0 Å². The monoisotopic (exact) mass is 308 g/mol. The number of unbranched alkanes of at least 4 members (excludes halogenated alkanes) is 5. The molecule has 0 aromatic heterocycles. The van der Waals surface area contributed by atoms with Gasteiger partial charge in [0.25, 0.3) is 0 Å². The lowest BCUT2D eigenvalue weighted by Crippen LogP contribution is -2.00. The zero-order valence-electron chi connectivity index (χ0n) is 7.67. The van der Waals surface area contributed by atoms with Gasteiger partial charge in [-0.15, -0.1) is 0 Å². The molecule has 0 N–H and O–H groups in total. The van der Waals surface area contributed by atoms with Crippen molar-refractivity contribution in [1.29, 1.82) is 0 Å². The molecule has 13 heavy (non-hydrogen) atoms. The van der Waals surface area contributed by atoms with Crippen LogP contribution in [-0.2, 0) is 0 Å². The largest absolute Gasteiger partial charge is 0.190 e. The second-order valence-corrected chi connectivity index (χ2v) is 6.48. The Hall–Kier alpha value is 1.35. The standard InChI is InChI=1S/C9H16BrCl3/c10-8-6-4-2-1-3-5-7-9(11,12)13/h1-8H2. The summed E-state index contributed by atoms with van der Waals surface area (Å²) in [7, 11) is 0. The molecule has 0 nitrogen and oxygen atoms in total. The Labute approximate surface area is 104 Å². The molecule has 0 rings (SSSR count). The minimum atomic E-state index is -1.05. The van der Waals surface area contributed by atoms with Crippen molar-refractivity contribution in [2.24, 2.45) is 0 Å². The van der Waals surface area contributed by atoms with Crippen LogP contribution in [0.2, 0.25) is 0 Å². The van der Waals surface area contributed by atoms with E-state index < -0.39 is 3.79 Å². The SMILES string of the molecule is ClC(Cl)(Cl)CCCCCCCCBr. The van der Waals surface area contributed by atoms with E-state index in [9.17, 15) is 0 Å². The second-order valence-electron chi connectivity index (χ2n) is 3.18. The molecule has 0 aliphatic carbocycles. The minimum Gasteiger partial charge on any atom is -0.0928 e. The highest BCUT2D eigenvalue weighted by molar-refractivity contribution is 9.09. The Morgan fingerprint density at radius 3 is 1.69 bits per heavy atom. The van der Waals surface area contributed by atoms with Crippen molar-refractivity contribution in [2.75, 3.05) is 5.33 Å². The molecule has 0 radical (unpaired) electrons. The maximum Gasteiger partial charge on any atom is 0.190 e. The number of halogens is 4. The third kappa shape index (κ3) is 13.3. The predicted octanol–water partition coefficient (Wildman–Crippen LogP) is 5.48. The van der Waals surface area contributed by atoms with Gasteiger partial charge in [-0.25, -0.2) is 0 Å². The number of alkyl halides is 4. The van der Waals surface area contributed by atoms with Gasteiger partial charge >= 0.3 is 0 Å². The Kier molecular flexibility index (Phi) is 9.54. The van der Waals surface area contributed by atoms with Gasteiger partial charge in [0.2, 0.25) is 0 Å². The van der Waals surface area contributed by atoms with E-state index in [4.69, 9.17) is 34.8 Å². The van der Waals surface area contributed by atoms with E-state index in [1.54, 1.807) is 0 Å². The summed E-state index contributed by atoms with van der Waals surface area (Å²) < 4.78 is -1.05. The van der Waals surface area contributed by atoms with Crippen LogP contribution in [0.15, 0.2) is 0 Å². The Morgan fingerprint density at radius 1 is 0.769 bits per heavy atom. The first-order valence-electron chi connectivity index (χ1n) is 4.69. The maximum absolute atomic E-state index is 5.62. The quantitative estimate of drug-likeness (QED) is 0.431. The molecule has 0 atom stereocenters. The van der Waals surface area contributed by atoms with E-state index in [0.717, 1.165) is 11.8 Å². The lowest BCUT2D eigenvalue weighted by atomic mass is 10.1. The van der Waals surface area contributed by atoms with Crippen molar-refractivity contribution >= 4 is 50.7 Å². The van der Waals surface area contributed by atoms with Gasteiger partial charge in [0.1, 0.15) is 0 Å². The van der Waals surface area contributed by atoms with Crippen molar-refractivity contribution in [3.05, 3.63) is 0 Å². The molecule has 0 saturated carbocycles. The first kappa shape index (κ1) is 14.3. The third-order valence-electron chi connectivity index (χ3n) is 1.84. The molecule has 0 aromatic carbocycles. The molecule has 4 heteroatoms. The van der Waals surface area contributed by atoms with E-state index in [1.165, 1.54) is 32.1 Å². The van der Waals surface area contributed by atoms with Crippen LogP contribution in [0.5, 0.6) is 0 Å². The highest BCUT2D eigenvalue weighted by Gasteiger charge is 2.17. The molecule has 0 unspecified atom stereocenters. The lowest BCUT2D eigenvalue weighted by Gasteiger charge is -2.09. The van der Waals surface area contributed by atoms with Gasteiger partial charge in [-0.2, -0.15) is 0 Å². The molecule has 0 aliphatic heterocycles. The van der Waals surface area contributed by atoms with Gasteiger partial charge in [-0.05, 0) is 19.3 Å². The molecule has 0 amide bonds. The first-order chi connectivity index (χ1) is 6.06. The topological polar surface area (TPSA) is 0 Å². The zero-order valence-corrected chi connectivity index (χ0v) is 11.5. The number of rotatable bonds is 7. The summed E-state index contributed by atoms with van der Waals surface area (Å²) in [6.07, 6.45) is 8.00. The van der Waals surface area contributed by atoms with Gasteiger partial charge in [0, 0.05) is 5.33 Å². The smallest absolute Gasteiger partial charge is 0.0928 e. The zero-order chi connectivity index (χ0) is 10.2. The van der Waals surface area contributed by atoms with Gasteiger partial charge in [0.15, 0.2) is 3.79 Å². The van der Waals surface area contributed by atoms with Crippen molar-refractivity contribution in [3.8, 4) is 0 Å². The summed E-state index contributed by atoms with van der Waals surface area (Å²) >= 11 is 20.3. The van der Waals surface area contributed by atoms with Gasteiger partial charge in [0.05, 0.1) is 0 Å². The molecule has 0 aliphatic rings. The van der Waals surface area contributed by atoms with Gasteiger partial charge < -0.3 is 0 Å². The van der Waals surface area contributed by atoms with E-state index in [0.29, 0.717) is 6.42 Å². The van der Waals surface area contributed by atoms with Crippen LogP contribution < -0.4 is 0 Å². The van der Waals surface area contributed by atoms with Crippen molar-refractivity contribution in [3.63, 3.8) is 0 Å². The van der Waals surface area contributed by atoms with Crippen LogP contribution in [0.25, 0.3) is 0 Å². The molecule has 0 fully saturated rings. The van der Waals surface area contributed by atoms with E-state index >= 15 is 0 Å². The molecular weight excluding hydrogens is 294 g/mol. The highest BCUT2D eigenvalue weighted by atomic mass is 79.9.